The standard InChI is InChI=1S/C33H33F3N4O3S/c1-5-43-29-28(16-21(4)18-37-29)40-27(15-20(2)3)24(31(41)39-13-7-6-8-14-39)17-25(32(40)42)30-38-26(19-44-30)22-9-11-23(12-10-22)33(34,35)36/h9-12,15-19H,5-8,13-14H2,1-4H3. The quantitative estimate of drug-likeness (QED) is 0.210. The van der Waals surface area contributed by atoms with Crippen LogP contribution in [0.5, 0.6) is 5.88 Å². The van der Waals surface area contributed by atoms with Gasteiger partial charge in [0.15, 0.2) is 0 Å². The molecule has 0 unspecified atom stereocenters. The molecule has 1 aromatic carbocycles. The molecule has 0 atom stereocenters. The predicted octanol–water partition coefficient (Wildman–Crippen LogP) is 7.80. The lowest BCUT2D eigenvalue weighted by Gasteiger charge is -2.28. The number of allylic oxidation sites excluding steroid dienone is 1. The van der Waals surface area contributed by atoms with E-state index < -0.39 is 17.3 Å². The third kappa shape index (κ3) is 6.47. The van der Waals surface area contributed by atoms with Crippen molar-refractivity contribution in [3.05, 3.63) is 86.3 Å². The van der Waals surface area contributed by atoms with Crippen LogP contribution in [-0.4, -0.2) is 45.0 Å². The second-order valence-corrected chi connectivity index (χ2v) is 11.8. The van der Waals surface area contributed by atoms with Crippen molar-refractivity contribution in [3.8, 4) is 33.4 Å². The Morgan fingerprint density at radius 2 is 1.80 bits per heavy atom. The summed E-state index contributed by atoms with van der Waals surface area (Å²) in [4.78, 5) is 39.5. The number of ether oxygens (including phenoxy) is 1. The summed E-state index contributed by atoms with van der Waals surface area (Å²) in [5, 5.41) is 2.03. The molecule has 3 aromatic heterocycles. The number of halogens is 3. The minimum Gasteiger partial charge on any atom is -0.476 e. The van der Waals surface area contributed by atoms with Crippen LogP contribution >= 0.6 is 11.3 Å². The number of thiazole rings is 1. The van der Waals surface area contributed by atoms with E-state index in [4.69, 9.17) is 4.74 Å². The second-order valence-electron chi connectivity index (χ2n) is 11.0. The molecule has 44 heavy (non-hydrogen) atoms. The van der Waals surface area contributed by atoms with E-state index in [1.165, 1.54) is 28.0 Å². The second kappa shape index (κ2) is 12.8. The lowest BCUT2D eigenvalue weighted by Crippen LogP contribution is -2.37. The van der Waals surface area contributed by atoms with Crippen LogP contribution in [0.3, 0.4) is 0 Å². The van der Waals surface area contributed by atoms with Crippen LogP contribution in [0.4, 0.5) is 13.2 Å². The first-order valence-electron chi connectivity index (χ1n) is 14.5. The fourth-order valence-corrected chi connectivity index (χ4v) is 6.02. The summed E-state index contributed by atoms with van der Waals surface area (Å²) in [6.45, 7) is 9.03. The molecule has 0 aliphatic carbocycles. The lowest BCUT2D eigenvalue weighted by atomic mass is 10.0. The summed E-state index contributed by atoms with van der Waals surface area (Å²) in [6.07, 6.45) is 1.86. The van der Waals surface area contributed by atoms with Gasteiger partial charge in [-0.05, 0) is 82.9 Å². The van der Waals surface area contributed by atoms with Gasteiger partial charge in [-0.25, -0.2) is 9.97 Å². The highest BCUT2D eigenvalue weighted by Gasteiger charge is 2.30. The number of carbonyl (C=O) groups is 1. The normalized spacial score (nSPS) is 13.6. The van der Waals surface area contributed by atoms with E-state index in [1.807, 2.05) is 38.7 Å². The first-order valence-corrected chi connectivity index (χ1v) is 15.3. The molecule has 1 aliphatic heterocycles. The zero-order valence-electron chi connectivity index (χ0n) is 25.0. The van der Waals surface area contributed by atoms with Crippen molar-refractivity contribution in [2.75, 3.05) is 19.7 Å². The third-order valence-electron chi connectivity index (χ3n) is 7.27. The molecule has 230 valence electrons. The van der Waals surface area contributed by atoms with Crippen LogP contribution in [0.25, 0.3) is 33.6 Å². The Morgan fingerprint density at radius 1 is 1.09 bits per heavy atom. The smallest absolute Gasteiger partial charge is 0.416 e. The number of benzene rings is 1. The van der Waals surface area contributed by atoms with Gasteiger partial charge in [-0.2, -0.15) is 13.2 Å². The van der Waals surface area contributed by atoms with Crippen molar-refractivity contribution in [3.63, 3.8) is 0 Å². The molecule has 1 amide bonds. The molecule has 0 N–H and O–H groups in total. The average molecular weight is 623 g/mol. The molecule has 0 saturated carbocycles. The number of piperidine rings is 1. The molecule has 11 heteroatoms. The van der Waals surface area contributed by atoms with Gasteiger partial charge in [0, 0.05) is 30.2 Å². The zero-order valence-corrected chi connectivity index (χ0v) is 25.8. The van der Waals surface area contributed by atoms with Gasteiger partial charge in [-0.3, -0.25) is 14.2 Å². The zero-order chi connectivity index (χ0) is 31.6. The fraction of sp³-hybridized carbons (Fsp3) is 0.333. The molecule has 0 bridgehead atoms. The number of carbonyl (C=O) groups excluding carboxylic acids is 1. The van der Waals surface area contributed by atoms with Crippen LogP contribution in [0, 0.1) is 6.92 Å². The van der Waals surface area contributed by atoms with Crippen molar-refractivity contribution >= 4 is 23.3 Å². The summed E-state index contributed by atoms with van der Waals surface area (Å²) in [5.41, 5.74) is 2.77. The van der Waals surface area contributed by atoms with E-state index in [2.05, 4.69) is 9.97 Å². The molecular formula is C33H33F3N4O3S. The average Bonchev–Trinajstić information content (AvgIpc) is 3.48. The summed E-state index contributed by atoms with van der Waals surface area (Å²) in [7, 11) is 0. The minimum atomic E-state index is -4.45. The number of pyridine rings is 2. The number of amides is 1. The van der Waals surface area contributed by atoms with Crippen LogP contribution < -0.4 is 10.3 Å². The van der Waals surface area contributed by atoms with Crippen LogP contribution in [0.2, 0.25) is 0 Å². The lowest BCUT2D eigenvalue weighted by molar-refractivity contribution is -0.137. The maximum atomic E-state index is 14.5. The topological polar surface area (TPSA) is 77.3 Å². The van der Waals surface area contributed by atoms with Crippen molar-refractivity contribution in [1.82, 2.24) is 19.4 Å². The van der Waals surface area contributed by atoms with Crippen molar-refractivity contribution in [2.24, 2.45) is 0 Å². The minimum absolute atomic E-state index is 0.190. The number of rotatable bonds is 7. The molecular weight excluding hydrogens is 589 g/mol. The summed E-state index contributed by atoms with van der Waals surface area (Å²) in [5.74, 6) is 0.0620. The number of hydrogen-bond acceptors (Lipinski definition) is 6. The molecule has 1 fully saturated rings. The van der Waals surface area contributed by atoms with Crippen LogP contribution in [-0.2, 0) is 6.18 Å². The maximum Gasteiger partial charge on any atom is 0.416 e. The highest BCUT2D eigenvalue weighted by molar-refractivity contribution is 7.13. The van der Waals surface area contributed by atoms with E-state index in [0.29, 0.717) is 52.9 Å². The van der Waals surface area contributed by atoms with E-state index in [0.717, 1.165) is 42.5 Å². The van der Waals surface area contributed by atoms with Gasteiger partial charge in [0.25, 0.3) is 11.5 Å². The Kier molecular flexibility index (Phi) is 9.05. The van der Waals surface area contributed by atoms with Crippen LogP contribution in [0.15, 0.2) is 58.3 Å². The van der Waals surface area contributed by atoms with E-state index in [9.17, 15) is 22.8 Å². The Morgan fingerprint density at radius 3 is 2.43 bits per heavy atom. The number of nitrogens with zero attached hydrogens (tertiary/aromatic N) is 4. The van der Waals surface area contributed by atoms with Crippen molar-refractivity contribution < 1.29 is 22.7 Å². The largest absolute Gasteiger partial charge is 0.476 e. The Bertz CT molecular complexity index is 1760. The molecule has 5 rings (SSSR count). The van der Waals surface area contributed by atoms with Gasteiger partial charge in [0.1, 0.15) is 10.7 Å². The van der Waals surface area contributed by atoms with Gasteiger partial charge < -0.3 is 9.64 Å². The monoisotopic (exact) mass is 622 g/mol. The van der Waals surface area contributed by atoms with E-state index in [-0.39, 0.29) is 17.4 Å². The van der Waals surface area contributed by atoms with Crippen molar-refractivity contribution in [2.45, 2.75) is 53.1 Å². The molecule has 0 radical (unpaired) electrons. The number of hydrogen-bond donors (Lipinski definition) is 0. The molecule has 4 aromatic rings. The summed E-state index contributed by atoms with van der Waals surface area (Å²) < 4.78 is 46.7. The van der Waals surface area contributed by atoms with Gasteiger partial charge in [0.2, 0.25) is 5.88 Å². The molecule has 4 heterocycles. The SMILES string of the molecule is CCOc1ncc(C)cc1-n1c(C=C(C)C)c(C(=O)N2CCCCC2)cc(-c2nc(-c3ccc(C(F)(F)F)cc3)cs2)c1=O. The first kappa shape index (κ1) is 31.2. The predicted molar refractivity (Wildman–Crippen MR) is 166 cm³/mol. The summed E-state index contributed by atoms with van der Waals surface area (Å²) >= 11 is 1.18. The number of aryl methyl sites for hydroxylation is 1. The number of likely N-dealkylation sites (tertiary alicyclic amines) is 1. The molecule has 7 nitrogen and oxygen atoms in total. The van der Waals surface area contributed by atoms with Gasteiger partial charge in [0.05, 0.1) is 34.7 Å². The van der Waals surface area contributed by atoms with Gasteiger partial charge >= 0.3 is 6.18 Å². The highest BCUT2D eigenvalue weighted by Crippen LogP contribution is 2.34. The summed E-state index contributed by atoms with van der Waals surface area (Å²) in [6, 6.07) is 8.13. The number of alkyl halides is 3. The Labute approximate surface area is 257 Å². The Hall–Kier alpha value is -4.25. The van der Waals surface area contributed by atoms with Gasteiger partial charge in [-0.1, -0.05) is 17.7 Å². The Balaban J connectivity index is 1.75. The molecule has 1 saturated heterocycles. The van der Waals surface area contributed by atoms with Gasteiger partial charge in [-0.15, -0.1) is 11.3 Å². The molecule has 1 aliphatic rings. The van der Waals surface area contributed by atoms with Crippen molar-refractivity contribution in [1.29, 1.82) is 0 Å². The van der Waals surface area contributed by atoms with Crippen LogP contribution in [0.1, 0.15) is 67.2 Å². The highest BCUT2D eigenvalue weighted by atomic mass is 32.1. The number of aromatic nitrogens is 3. The van der Waals surface area contributed by atoms with E-state index in [1.54, 1.807) is 23.7 Å². The fourth-order valence-electron chi connectivity index (χ4n) is 5.19. The maximum absolute atomic E-state index is 14.5. The van der Waals surface area contributed by atoms with E-state index >= 15 is 0 Å². The molecule has 0 spiro atoms. The first-order chi connectivity index (χ1) is 21.0. The third-order valence-corrected chi connectivity index (χ3v) is 8.15.